The lowest BCUT2D eigenvalue weighted by molar-refractivity contribution is 0.0986. The van der Waals surface area contributed by atoms with E-state index in [4.69, 9.17) is 34.7 Å². The van der Waals surface area contributed by atoms with Crippen LogP contribution in [0.1, 0.15) is 20.7 Å². The van der Waals surface area contributed by atoms with Crippen molar-refractivity contribution < 1.29 is 24.3 Å². The van der Waals surface area contributed by atoms with Crippen LogP contribution in [0.5, 0.6) is 5.75 Å². The standard InChI is InChI=1S/C26H18Cl2N4O5/c27-17-2-6-19(7-3-17)31(25(29)36)23(34)14-1-10-21-15(11-14)12-16(13-22(21)33)24(35)32(26(30)37)20-8-4-18(28)5-9-20/h1-13,33H,(H2,29,36)(H2,30,37). The van der Waals surface area contributed by atoms with Crippen LogP contribution in [0.15, 0.2) is 78.9 Å². The van der Waals surface area contributed by atoms with Gasteiger partial charge in [0.1, 0.15) is 5.75 Å². The molecule has 6 amide bonds. The van der Waals surface area contributed by atoms with Gasteiger partial charge in [-0.15, -0.1) is 0 Å². The molecule has 0 aliphatic heterocycles. The average Bonchev–Trinajstić information content (AvgIpc) is 2.85. The van der Waals surface area contributed by atoms with Crippen LogP contribution in [0.25, 0.3) is 10.8 Å². The van der Waals surface area contributed by atoms with E-state index in [9.17, 15) is 24.3 Å². The van der Waals surface area contributed by atoms with E-state index >= 15 is 0 Å². The number of fused-ring (bicyclic) bond motifs is 1. The normalized spacial score (nSPS) is 10.6. The van der Waals surface area contributed by atoms with Gasteiger partial charge in [0.25, 0.3) is 11.8 Å². The molecule has 0 bridgehead atoms. The fourth-order valence-corrected chi connectivity index (χ4v) is 3.99. The fraction of sp³-hybridized carbons (Fsp3) is 0. The van der Waals surface area contributed by atoms with Crippen LogP contribution >= 0.6 is 23.2 Å². The van der Waals surface area contributed by atoms with Gasteiger partial charge in [0.05, 0.1) is 11.4 Å². The number of hydrogen-bond acceptors (Lipinski definition) is 5. The number of primary amides is 2. The van der Waals surface area contributed by atoms with Gasteiger partial charge in [-0.05, 0) is 84.2 Å². The summed E-state index contributed by atoms with van der Waals surface area (Å²) in [7, 11) is 0. The maximum absolute atomic E-state index is 13.2. The highest BCUT2D eigenvalue weighted by Gasteiger charge is 2.26. The number of carbonyl (C=O) groups excluding carboxylic acids is 4. The third-order valence-corrected chi connectivity index (χ3v) is 5.95. The van der Waals surface area contributed by atoms with E-state index < -0.39 is 23.9 Å². The zero-order valence-corrected chi connectivity index (χ0v) is 20.4. The molecular weight excluding hydrogens is 519 g/mol. The SMILES string of the molecule is NC(=O)N(C(=O)c1ccc2c(O)cc(C(=O)N(C(N)=O)c3ccc(Cl)cc3)cc2c1)c1ccc(Cl)cc1. The van der Waals surface area contributed by atoms with Crippen LogP contribution in [0.3, 0.4) is 0 Å². The molecule has 186 valence electrons. The molecule has 0 unspecified atom stereocenters. The molecule has 4 rings (SSSR count). The summed E-state index contributed by atoms with van der Waals surface area (Å²) in [5.74, 6) is -1.83. The van der Waals surface area contributed by atoms with Gasteiger partial charge in [-0.1, -0.05) is 23.2 Å². The molecule has 0 radical (unpaired) electrons. The largest absolute Gasteiger partial charge is 0.507 e. The summed E-state index contributed by atoms with van der Waals surface area (Å²) >= 11 is 11.8. The molecule has 11 heteroatoms. The van der Waals surface area contributed by atoms with Crippen LogP contribution in [0.4, 0.5) is 21.0 Å². The molecule has 0 aromatic heterocycles. The zero-order chi connectivity index (χ0) is 26.9. The molecule has 0 saturated carbocycles. The molecule has 4 aromatic carbocycles. The monoisotopic (exact) mass is 536 g/mol. The second-order valence-electron chi connectivity index (χ2n) is 7.84. The Morgan fingerprint density at radius 1 is 0.622 bits per heavy atom. The van der Waals surface area contributed by atoms with E-state index in [0.717, 1.165) is 9.80 Å². The third-order valence-electron chi connectivity index (χ3n) is 5.44. The summed E-state index contributed by atoms with van der Waals surface area (Å²) in [6.45, 7) is 0. The minimum Gasteiger partial charge on any atom is -0.507 e. The van der Waals surface area contributed by atoms with Crippen molar-refractivity contribution in [1.29, 1.82) is 0 Å². The van der Waals surface area contributed by atoms with Crippen molar-refractivity contribution in [2.24, 2.45) is 11.5 Å². The van der Waals surface area contributed by atoms with Crippen molar-refractivity contribution >= 4 is 69.2 Å². The summed E-state index contributed by atoms with van der Waals surface area (Å²) in [6, 6.07) is 16.5. The highest BCUT2D eigenvalue weighted by Crippen LogP contribution is 2.30. The van der Waals surface area contributed by atoms with E-state index in [1.54, 1.807) is 0 Å². The van der Waals surface area contributed by atoms with Crippen molar-refractivity contribution in [2.75, 3.05) is 9.80 Å². The van der Waals surface area contributed by atoms with Crippen molar-refractivity contribution in [2.45, 2.75) is 0 Å². The van der Waals surface area contributed by atoms with Crippen molar-refractivity contribution in [3.05, 3.63) is 100 Å². The number of phenols is 1. The number of urea groups is 2. The minimum atomic E-state index is -1.05. The second-order valence-corrected chi connectivity index (χ2v) is 8.71. The number of phenolic OH excluding ortho intramolecular Hbond substituents is 1. The van der Waals surface area contributed by atoms with Crippen LogP contribution in [-0.4, -0.2) is 29.0 Å². The number of benzene rings is 4. The van der Waals surface area contributed by atoms with Gasteiger partial charge in [-0.2, -0.15) is 0 Å². The third kappa shape index (κ3) is 5.18. The highest BCUT2D eigenvalue weighted by molar-refractivity contribution is 6.31. The molecule has 9 nitrogen and oxygen atoms in total. The Kier molecular flexibility index (Phi) is 7.01. The first-order chi connectivity index (χ1) is 17.6. The summed E-state index contributed by atoms with van der Waals surface area (Å²) in [5.41, 5.74) is 11.3. The number of aromatic hydroxyl groups is 1. The number of amides is 6. The molecule has 0 spiro atoms. The van der Waals surface area contributed by atoms with Gasteiger partial charge >= 0.3 is 12.1 Å². The number of anilines is 2. The Labute approximate surface area is 220 Å². The van der Waals surface area contributed by atoms with Crippen LogP contribution < -0.4 is 21.3 Å². The summed E-state index contributed by atoms with van der Waals surface area (Å²) < 4.78 is 0. The van der Waals surface area contributed by atoms with Gasteiger partial charge in [0, 0.05) is 26.6 Å². The quantitative estimate of drug-likeness (QED) is 0.323. The molecule has 0 heterocycles. The maximum atomic E-state index is 13.2. The number of nitrogens with two attached hydrogens (primary N) is 2. The Morgan fingerprint density at radius 3 is 1.51 bits per heavy atom. The Balaban J connectivity index is 1.76. The van der Waals surface area contributed by atoms with E-state index in [1.165, 1.54) is 78.9 Å². The Hall–Kier alpha value is -4.60. The van der Waals surface area contributed by atoms with Crippen LogP contribution in [0, 0.1) is 0 Å². The molecule has 0 saturated heterocycles. The summed E-state index contributed by atoms with van der Waals surface area (Å²) in [4.78, 5) is 52.2. The van der Waals surface area contributed by atoms with Gasteiger partial charge < -0.3 is 16.6 Å². The van der Waals surface area contributed by atoms with Gasteiger partial charge in [0.15, 0.2) is 0 Å². The second kappa shape index (κ2) is 10.2. The van der Waals surface area contributed by atoms with E-state index in [1.807, 2.05) is 0 Å². The summed E-state index contributed by atoms with van der Waals surface area (Å²) in [5, 5.41) is 12.0. The number of imide groups is 2. The number of hydrogen-bond donors (Lipinski definition) is 3. The minimum absolute atomic E-state index is 0.0507. The first-order valence-electron chi connectivity index (χ1n) is 10.6. The fourth-order valence-electron chi connectivity index (χ4n) is 3.73. The number of halogens is 2. The molecular formula is C26H18Cl2N4O5. The molecule has 0 aliphatic carbocycles. The van der Waals surface area contributed by atoms with Crippen LogP contribution in [0.2, 0.25) is 10.0 Å². The van der Waals surface area contributed by atoms with E-state index in [-0.39, 0.29) is 33.6 Å². The predicted octanol–water partition coefficient (Wildman–Crippen LogP) is 5.30. The highest BCUT2D eigenvalue weighted by atomic mass is 35.5. The van der Waals surface area contributed by atoms with Gasteiger partial charge in [-0.3, -0.25) is 9.59 Å². The first kappa shape index (κ1) is 25.5. The molecule has 37 heavy (non-hydrogen) atoms. The molecule has 5 N–H and O–H groups in total. The Bertz CT molecular complexity index is 1550. The van der Waals surface area contributed by atoms with Crippen molar-refractivity contribution in [1.82, 2.24) is 0 Å². The van der Waals surface area contributed by atoms with Gasteiger partial charge in [0.2, 0.25) is 0 Å². The molecule has 0 atom stereocenters. The molecule has 4 aromatic rings. The number of rotatable bonds is 4. The topological polar surface area (TPSA) is 147 Å². The zero-order valence-electron chi connectivity index (χ0n) is 18.9. The lowest BCUT2D eigenvalue weighted by Crippen LogP contribution is -2.41. The lowest BCUT2D eigenvalue weighted by Gasteiger charge is -2.20. The lowest BCUT2D eigenvalue weighted by atomic mass is 10.0. The van der Waals surface area contributed by atoms with E-state index in [2.05, 4.69) is 0 Å². The Morgan fingerprint density at radius 2 is 1.05 bits per heavy atom. The smallest absolute Gasteiger partial charge is 0.326 e. The first-order valence-corrected chi connectivity index (χ1v) is 11.4. The maximum Gasteiger partial charge on any atom is 0.326 e. The molecule has 0 fully saturated rings. The average molecular weight is 537 g/mol. The van der Waals surface area contributed by atoms with Crippen molar-refractivity contribution in [3.8, 4) is 5.75 Å². The van der Waals surface area contributed by atoms with Crippen LogP contribution in [-0.2, 0) is 0 Å². The molecule has 0 aliphatic rings. The van der Waals surface area contributed by atoms with Crippen molar-refractivity contribution in [3.63, 3.8) is 0 Å². The predicted molar refractivity (Wildman–Crippen MR) is 141 cm³/mol. The number of carbonyl (C=O) groups is 4. The summed E-state index contributed by atoms with van der Waals surface area (Å²) in [6.07, 6.45) is 0. The van der Waals surface area contributed by atoms with E-state index in [0.29, 0.717) is 15.4 Å². The van der Waals surface area contributed by atoms with Gasteiger partial charge in [-0.25, -0.2) is 19.4 Å². The number of nitrogens with zero attached hydrogens (tertiary/aromatic N) is 2.